The van der Waals surface area contributed by atoms with Crippen molar-refractivity contribution in [2.45, 2.75) is 50.3 Å². The fourth-order valence-electron chi connectivity index (χ4n) is 5.94. The Balaban J connectivity index is 1.36. The Kier molecular flexibility index (Phi) is 9.37. The smallest absolute Gasteiger partial charge is 0.408 e. The lowest BCUT2D eigenvalue weighted by atomic mass is 10.00. The zero-order valence-corrected chi connectivity index (χ0v) is 28.3. The number of rotatable bonds is 8. The molecule has 3 aliphatic heterocycles. The van der Waals surface area contributed by atoms with Crippen molar-refractivity contribution < 1.29 is 37.6 Å². The second kappa shape index (κ2) is 13.7. The second-order valence-electron chi connectivity index (χ2n) is 12.7. The number of carbonyl (C=O) groups is 4. The number of nitrogens with one attached hydrogen (secondary N) is 1. The standard InChI is InChI=1S/C36H36N4O8S/c1-36(2,3)48-35(44)38-28-32(42)40-29(34(43)47-30(22-11-7-5-8-12-22)23-13-9-6-10-14-23)25(21-49(45)33(28)40)19-24-17-18-39(31(24)41)26-15-16-27(46-4)37-20-26/h5-16,19-20,28,30,33H,17-18,21H2,1-4H3,(H,38,44)/b24-19+/t28-,33-,49+/m1/s1. The van der Waals surface area contributed by atoms with Gasteiger partial charge in [0.1, 0.15) is 22.7 Å². The molecule has 0 saturated carbocycles. The van der Waals surface area contributed by atoms with Crippen molar-refractivity contribution in [3.63, 3.8) is 0 Å². The molecule has 0 spiro atoms. The van der Waals surface area contributed by atoms with E-state index in [9.17, 15) is 23.4 Å². The molecule has 6 rings (SSSR count). The maximum atomic E-state index is 14.3. The Morgan fingerprint density at radius 2 is 1.65 bits per heavy atom. The number of carbonyl (C=O) groups excluding carboxylic acids is 4. The molecule has 2 fully saturated rings. The van der Waals surface area contributed by atoms with Gasteiger partial charge in [0.05, 0.1) is 35.5 Å². The zero-order chi connectivity index (χ0) is 34.9. The normalized spacial score (nSPS) is 21.4. The highest BCUT2D eigenvalue weighted by Gasteiger charge is 2.58. The van der Waals surface area contributed by atoms with E-state index >= 15 is 0 Å². The molecule has 2 saturated heterocycles. The molecule has 13 heteroatoms. The van der Waals surface area contributed by atoms with Crippen molar-refractivity contribution >= 4 is 40.4 Å². The van der Waals surface area contributed by atoms with Gasteiger partial charge in [0, 0.05) is 18.2 Å². The highest BCUT2D eigenvalue weighted by molar-refractivity contribution is 7.86. The van der Waals surface area contributed by atoms with Crippen LogP contribution in [0.15, 0.2) is 102 Å². The number of aromatic nitrogens is 1. The molecule has 1 aromatic heterocycles. The van der Waals surface area contributed by atoms with Gasteiger partial charge in [-0.15, -0.1) is 0 Å². The first kappa shape index (κ1) is 33.6. The number of amides is 3. The Morgan fingerprint density at radius 1 is 1.00 bits per heavy atom. The number of anilines is 1. The minimum Gasteiger partial charge on any atom is -0.481 e. The summed E-state index contributed by atoms with van der Waals surface area (Å²) in [7, 11) is -0.255. The SMILES string of the molecule is COc1ccc(N2CC/C(=C\C3=C(C(=O)OC(c4ccccc4)c4ccccc4)N4C(=O)[C@@H](NC(=O)OC(C)(C)C)[C@H]4[S@@](=O)C3)C2=O)cn1. The summed E-state index contributed by atoms with van der Waals surface area (Å²) in [6.07, 6.45) is 1.72. The first-order valence-electron chi connectivity index (χ1n) is 15.7. The van der Waals surface area contributed by atoms with Crippen LogP contribution in [0.1, 0.15) is 44.4 Å². The van der Waals surface area contributed by atoms with Crippen LogP contribution < -0.4 is 15.0 Å². The Hall–Kier alpha value is -5.30. The van der Waals surface area contributed by atoms with Crippen LogP contribution >= 0.6 is 0 Å². The summed E-state index contributed by atoms with van der Waals surface area (Å²) in [5.74, 6) is -1.55. The van der Waals surface area contributed by atoms with Gasteiger partial charge in [0.2, 0.25) is 5.88 Å². The third-order valence-electron chi connectivity index (χ3n) is 8.17. The topological polar surface area (TPSA) is 144 Å². The number of esters is 1. The van der Waals surface area contributed by atoms with E-state index in [-0.39, 0.29) is 22.9 Å². The van der Waals surface area contributed by atoms with Crippen molar-refractivity contribution in [1.29, 1.82) is 0 Å². The van der Waals surface area contributed by atoms with Crippen LogP contribution in [0.2, 0.25) is 0 Å². The summed E-state index contributed by atoms with van der Waals surface area (Å²) in [5, 5.41) is 1.48. The average molecular weight is 685 g/mol. The first-order valence-corrected chi connectivity index (χ1v) is 17.1. The van der Waals surface area contributed by atoms with Crippen LogP contribution in [-0.2, 0) is 34.7 Å². The number of β-lactam (4-membered cyclic amide) rings is 1. The van der Waals surface area contributed by atoms with Gasteiger partial charge in [-0.25, -0.2) is 14.6 Å². The molecule has 3 amide bonds. The molecule has 0 aliphatic carbocycles. The highest BCUT2D eigenvalue weighted by atomic mass is 32.2. The molecule has 0 radical (unpaired) electrons. The van der Waals surface area contributed by atoms with Gasteiger partial charge < -0.3 is 24.4 Å². The van der Waals surface area contributed by atoms with Crippen LogP contribution in [0.5, 0.6) is 5.88 Å². The molecular weight excluding hydrogens is 648 g/mol. The molecule has 0 unspecified atom stereocenters. The maximum Gasteiger partial charge on any atom is 0.408 e. The number of pyridine rings is 1. The van der Waals surface area contributed by atoms with E-state index in [4.69, 9.17) is 14.2 Å². The molecule has 254 valence electrons. The van der Waals surface area contributed by atoms with Crippen LogP contribution in [0.4, 0.5) is 10.5 Å². The summed E-state index contributed by atoms with van der Waals surface area (Å²) in [4.78, 5) is 61.0. The minimum atomic E-state index is -1.75. The molecule has 3 atom stereocenters. The number of hydrogen-bond acceptors (Lipinski definition) is 9. The number of alkyl carbamates (subject to hydrolysis) is 1. The molecule has 0 bridgehead atoms. The number of hydrogen-bond donors (Lipinski definition) is 1. The lowest BCUT2D eigenvalue weighted by Crippen LogP contribution is -2.73. The molecule has 4 heterocycles. The Labute approximate surface area is 286 Å². The van der Waals surface area contributed by atoms with E-state index < -0.39 is 51.9 Å². The van der Waals surface area contributed by atoms with Crippen LogP contribution in [0.3, 0.4) is 0 Å². The fraction of sp³-hybridized carbons (Fsp3) is 0.306. The number of methoxy groups -OCH3 is 1. The molecule has 3 aromatic rings. The molecule has 1 N–H and O–H groups in total. The Bertz CT molecular complexity index is 1820. The predicted molar refractivity (Wildman–Crippen MR) is 180 cm³/mol. The summed E-state index contributed by atoms with van der Waals surface area (Å²) in [5.41, 5.74) is 1.60. The van der Waals surface area contributed by atoms with E-state index in [0.717, 1.165) is 4.90 Å². The molecule has 3 aliphatic rings. The van der Waals surface area contributed by atoms with E-state index in [2.05, 4.69) is 10.3 Å². The summed E-state index contributed by atoms with van der Waals surface area (Å²) in [6.45, 7) is 5.40. The van der Waals surface area contributed by atoms with E-state index in [1.54, 1.807) is 37.8 Å². The van der Waals surface area contributed by atoms with Crippen molar-refractivity contribution in [1.82, 2.24) is 15.2 Å². The Morgan fingerprint density at radius 3 is 2.22 bits per heavy atom. The lowest BCUT2D eigenvalue weighted by molar-refractivity contribution is -0.153. The molecule has 49 heavy (non-hydrogen) atoms. The largest absolute Gasteiger partial charge is 0.481 e. The quantitative estimate of drug-likeness (QED) is 0.210. The van der Waals surface area contributed by atoms with Crippen LogP contribution in [-0.4, -0.2) is 74.4 Å². The van der Waals surface area contributed by atoms with Gasteiger partial charge in [-0.05, 0) is 56.0 Å². The molecular formula is C36H36N4O8S. The molecule has 12 nitrogen and oxygen atoms in total. The number of allylic oxidation sites excluding steroid dienone is 1. The van der Waals surface area contributed by atoms with Crippen LogP contribution in [0, 0.1) is 0 Å². The van der Waals surface area contributed by atoms with E-state index in [1.807, 2.05) is 60.7 Å². The van der Waals surface area contributed by atoms with Gasteiger partial charge in [0.15, 0.2) is 6.10 Å². The van der Waals surface area contributed by atoms with Crippen LogP contribution in [0.25, 0.3) is 0 Å². The average Bonchev–Trinajstić information content (AvgIpc) is 3.45. The van der Waals surface area contributed by atoms with Gasteiger partial charge in [-0.3, -0.25) is 18.7 Å². The number of ether oxygens (including phenoxy) is 3. The summed E-state index contributed by atoms with van der Waals surface area (Å²) >= 11 is 0. The number of benzene rings is 2. The predicted octanol–water partition coefficient (Wildman–Crippen LogP) is 4.16. The number of fused-ring (bicyclic) bond motifs is 1. The van der Waals surface area contributed by atoms with Gasteiger partial charge in [0.25, 0.3) is 11.8 Å². The van der Waals surface area contributed by atoms with Crippen molar-refractivity contribution in [3.8, 4) is 5.88 Å². The zero-order valence-electron chi connectivity index (χ0n) is 27.5. The van der Waals surface area contributed by atoms with Gasteiger partial charge >= 0.3 is 12.1 Å². The molecule has 2 aromatic carbocycles. The third-order valence-corrected chi connectivity index (χ3v) is 9.78. The van der Waals surface area contributed by atoms with Crippen molar-refractivity contribution in [2.24, 2.45) is 0 Å². The minimum absolute atomic E-state index is 0.126. The second-order valence-corrected chi connectivity index (χ2v) is 14.2. The summed E-state index contributed by atoms with van der Waals surface area (Å²) < 4.78 is 30.3. The van der Waals surface area contributed by atoms with E-state index in [1.165, 1.54) is 19.4 Å². The van der Waals surface area contributed by atoms with Crippen molar-refractivity contribution in [2.75, 3.05) is 24.3 Å². The summed E-state index contributed by atoms with van der Waals surface area (Å²) in [6, 6.07) is 20.5. The highest BCUT2D eigenvalue weighted by Crippen LogP contribution is 2.39. The first-order chi connectivity index (χ1) is 23.4. The number of nitrogens with zero attached hydrogens (tertiary/aromatic N) is 3. The monoisotopic (exact) mass is 684 g/mol. The van der Waals surface area contributed by atoms with Crippen molar-refractivity contribution in [3.05, 3.63) is 113 Å². The van der Waals surface area contributed by atoms with Gasteiger partial charge in [-0.2, -0.15) is 0 Å². The fourth-order valence-corrected chi connectivity index (χ4v) is 7.57. The maximum absolute atomic E-state index is 14.3. The van der Waals surface area contributed by atoms with E-state index in [0.29, 0.717) is 41.2 Å². The third kappa shape index (κ3) is 6.98. The van der Waals surface area contributed by atoms with Gasteiger partial charge in [-0.1, -0.05) is 60.7 Å². The lowest BCUT2D eigenvalue weighted by Gasteiger charge is -2.49.